The van der Waals surface area contributed by atoms with Gasteiger partial charge in [-0.1, -0.05) is 6.07 Å². The molecule has 1 aliphatic carbocycles. The fraction of sp³-hybridized carbons (Fsp3) is 0.500. The summed E-state index contributed by atoms with van der Waals surface area (Å²) >= 11 is 0. The van der Waals surface area contributed by atoms with Gasteiger partial charge >= 0.3 is 0 Å². The second kappa shape index (κ2) is 5.48. The van der Waals surface area contributed by atoms with Gasteiger partial charge in [0.15, 0.2) is 0 Å². The fourth-order valence-electron chi connectivity index (χ4n) is 3.59. The monoisotopic (exact) mass is 287 g/mol. The van der Waals surface area contributed by atoms with Crippen molar-refractivity contribution in [3.05, 3.63) is 35.4 Å². The fourth-order valence-corrected chi connectivity index (χ4v) is 3.59. The third-order valence-electron chi connectivity index (χ3n) is 4.80. The topological polar surface area (TPSA) is 75.4 Å². The van der Waals surface area contributed by atoms with Crippen LogP contribution in [0.2, 0.25) is 0 Å². The number of hydrogen-bond acceptors (Lipinski definition) is 3. The summed E-state index contributed by atoms with van der Waals surface area (Å²) in [6, 6.07) is 7.12. The molecule has 2 amide bonds. The molecule has 2 fully saturated rings. The van der Waals surface area contributed by atoms with Gasteiger partial charge < -0.3 is 16.0 Å². The summed E-state index contributed by atoms with van der Waals surface area (Å²) in [4.78, 5) is 26.1. The highest BCUT2D eigenvalue weighted by Crippen LogP contribution is 2.37. The van der Waals surface area contributed by atoms with Crippen LogP contribution in [-0.2, 0) is 0 Å². The van der Waals surface area contributed by atoms with Gasteiger partial charge in [-0.25, -0.2) is 0 Å². The Morgan fingerprint density at radius 1 is 1.24 bits per heavy atom. The Balaban J connectivity index is 1.76. The molecular weight excluding hydrogens is 266 g/mol. The first-order valence-corrected chi connectivity index (χ1v) is 7.47. The molecule has 2 aliphatic rings. The van der Waals surface area contributed by atoms with Gasteiger partial charge in [0.25, 0.3) is 11.8 Å². The van der Waals surface area contributed by atoms with Crippen LogP contribution in [0.4, 0.5) is 0 Å². The van der Waals surface area contributed by atoms with E-state index in [1.165, 1.54) is 0 Å². The number of benzene rings is 1. The van der Waals surface area contributed by atoms with Gasteiger partial charge in [-0.05, 0) is 42.9 Å². The Morgan fingerprint density at radius 2 is 2.00 bits per heavy atom. The van der Waals surface area contributed by atoms with Crippen molar-refractivity contribution in [3.8, 4) is 0 Å². The van der Waals surface area contributed by atoms with E-state index in [9.17, 15) is 9.59 Å². The lowest BCUT2D eigenvalue weighted by Gasteiger charge is -2.19. The highest BCUT2D eigenvalue weighted by molar-refractivity contribution is 5.99. The van der Waals surface area contributed by atoms with Crippen LogP contribution in [0.1, 0.15) is 33.6 Å². The molecule has 1 heterocycles. The van der Waals surface area contributed by atoms with Gasteiger partial charge in [-0.3, -0.25) is 9.59 Å². The molecule has 1 saturated heterocycles. The lowest BCUT2D eigenvalue weighted by molar-refractivity contribution is 0.0779. The molecule has 1 aromatic rings. The van der Waals surface area contributed by atoms with E-state index in [0.29, 0.717) is 23.0 Å². The number of fused-ring (bicyclic) bond motifs is 1. The smallest absolute Gasteiger partial charge is 0.253 e. The first-order chi connectivity index (χ1) is 10.1. The average Bonchev–Trinajstić information content (AvgIpc) is 3.08. The van der Waals surface area contributed by atoms with Crippen LogP contribution in [0.15, 0.2) is 24.3 Å². The van der Waals surface area contributed by atoms with Crippen LogP contribution in [0.5, 0.6) is 0 Å². The maximum Gasteiger partial charge on any atom is 0.253 e. The number of nitrogens with two attached hydrogens (primary N) is 1. The number of carbonyl (C=O) groups excluding carboxylic acids is 2. The van der Waals surface area contributed by atoms with Crippen molar-refractivity contribution in [1.29, 1.82) is 0 Å². The van der Waals surface area contributed by atoms with E-state index in [-0.39, 0.29) is 17.9 Å². The Morgan fingerprint density at radius 3 is 2.71 bits per heavy atom. The van der Waals surface area contributed by atoms with Crippen LogP contribution in [0, 0.1) is 11.8 Å². The summed E-state index contributed by atoms with van der Waals surface area (Å²) < 4.78 is 0. The van der Waals surface area contributed by atoms with Crippen molar-refractivity contribution >= 4 is 11.8 Å². The number of amides is 2. The van der Waals surface area contributed by atoms with Crippen LogP contribution in [0.3, 0.4) is 0 Å². The molecule has 3 atom stereocenters. The Kier molecular flexibility index (Phi) is 3.68. The van der Waals surface area contributed by atoms with E-state index in [1.807, 2.05) is 4.90 Å². The highest BCUT2D eigenvalue weighted by Gasteiger charge is 2.42. The molecule has 0 spiro atoms. The lowest BCUT2D eigenvalue weighted by Crippen LogP contribution is -2.33. The van der Waals surface area contributed by atoms with Crippen molar-refractivity contribution in [1.82, 2.24) is 10.2 Å². The predicted molar refractivity (Wildman–Crippen MR) is 79.9 cm³/mol. The molecular formula is C16H21N3O2. The van der Waals surface area contributed by atoms with Gasteiger partial charge in [0.2, 0.25) is 0 Å². The Bertz CT molecular complexity index is 572. The van der Waals surface area contributed by atoms with Gasteiger partial charge in [0, 0.05) is 37.3 Å². The molecule has 3 unspecified atom stereocenters. The molecule has 1 aromatic carbocycles. The van der Waals surface area contributed by atoms with E-state index in [0.717, 1.165) is 25.9 Å². The summed E-state index contributed by atoms with van der Waals surface area (Å²) in [5.41, 5.74) is 7.20. The number of rotatable bonds is 2. The SMILES string of the molecule is CNC(=O)c1cccc(C(=O)N2CC3CCC(N)C3C2)c1. The summed E-state index contributed by atoms with van der Waals surface area (Å²) in [7, 11) is 1.58. The number of nitrogens with one attached hydrogen (secondary N) is 1. The third-order valence-corrected chi connectivity index (χ3v) is 4.80. The van der Waals surface area contributed by atoms with Gasteiger partial charge in [0.1, 0.15) is 0 Å². The van der Waals surface area contributed by atoms with E-state index >= 15 is 0 Å². The van der Waals surface area contributed by atoms with E-state index in [1.54, 1.807) is 31.3 Å². The number of likely N-dealkylation sites (tertiary alicyclic amines) is 1. The second-order valence-corrected chi connectivity index (χ2v) is 6.04. The minimum Gasteiger partial charge on any atom is -0.355 e. The average molecular weight is 287 g/mol. The normalized spacial score (nSPS) is 27.5. The van der Waals surface area contributed by atoms with Gasteiger partial charge in [-0.15, -0.1) is 0 Å². The first-order valence-electron chi connectivity index (χ1n) is 7.47. The van der Waals surface area contributed by atoms with E-state index in [4.69, 9.17) is 5.73 Å². The molecule has 0 bridgehead atoms. The number of carbonyl (C=O) groups is 2. The second-order valence-electron chi connectivity index (χ2n) is 6.04. The van der Waals surface area contributed by atoms with E-state index < -0.39 is 0 Å². The minimum atomic E-state index is -0.176. The van der Waals surface area contributed by atoms with Crippen LogP contribution in [-0.4, -0.2) is 42.9 Å². The zero-order valence-corrected chi connectivity index (χ0v) is 12.2. The largest absolute Gasteiger partial charge is 0.355 e. The number of hydrogen-bond donors (Lipinski definition) is 2. The molecule has 0 radical (unpaired) electrons. The molecule has 112 valence electrons. The molecule has 5 nitrogen and oxygen atoms in total. The van der Waals surface area contributed by atoms with Gasteiger partial charge in [-0.2, -0.15) is 0 Å². The van der Waals surface area contributed by atoms with Gasteiger partial charge in [0.05, 0.1) is 0 Å². The molecule has 3 rings (SSSR count). The Labute approximate surface area is 124 Å². The summed E-state index contributed by atoms with van der Waals surface area (Å²) in [6.07, 6.45) is 2.19. The van der Waals surface area contributed by atoms with Crippen molar-refractivity contribution in [2.45, 2.75) is 18.9 Å². The summed E-state index contributed by atoms with van der Waals surface area (Å²) in [6.45, 7) is 1.54. The Hall–Kier alpha value is -1.88. The molecule has 0 aromatic heterocycles. The standard InChI is InChI=1S/C16H21N3O2/c1-18-15(20)10-3-2-4-11(7-10)16(21)19-8-12-5-6-14(17)13(12)9-19/h2-4,7,12-14H,5-6,8-9,17H2,1H3,(H,18,20). The molecule has 5 heteroatoms. The minimum absolute atomic E-state index is 0.00218. The zero-order valence-electron chi connectivity index (χ0n) is 12.2. The van der Waals surface area contributed by atoms with Crippen LogP contribution < -0.4 is 11.1 Å². The zero-order chi connectivity index (χ0) is 15.0. The van der Waals surface area contributed by atoms with E-state index in [2.05, 4.69) is 5.32 Å². The molecule has 1 saturated carbocycles. The lowest BCUT2D eigenvalue weighted by atomic mass is 9.98. The van der Waals surface area contributed by atoms with Crippen molar-refractivity contribution in [2.24, 2.45) is 17.6 Å². The highest BCUT2D eigenvalue weighted by atomic mass is 16.2. The maximum atomic E-state index is 12.6. The van der Waals surface area contributed by atoms with Crippen molar-refractivity contribution in [3.63, 3.8) is 0 Å². The third kappa shape index (κ3) is 2.53. The van der Waals surface area contributed by atoms with Crippen molar-refractivity contribution in [2.75, 3.05) is 20.1 Å². The predicted octanol–water partition coefficient (Wildman–Crippen LogP) is 0.856. The number of nitrogens with zero attached hydrogens (tertiary/aromatic N) is 1. The summed E-state index contributed by atoms with van der Waals surface area (Å²) in [5, 5.41) is 2.57. The van der Waals surface area contributed by atoms with Crippen LogP contribution in [0.25, 0.3) is 0 Å². The maximum absolute atomic E-state index is 12.6. The molecule has 1 aliphatic heterocycles. The molecule has 3 N–H and O–H groups in total. The first kappa shape index (κ1) is 14.1. The summed E-state index contributed by atoms with van der Waals surface area (Å²) in [5.74, 6) is 0.814. The quantitative estimate of drug-likeness (QED) is 0.847. The van der Waals surface area contributed by atoms with Crippen molar-refractivity contribution < 1.29 is 9.59 Å². The molecule has 21 heavy (non-hydrogen) atoms. The van der Waals surface area contributed by atoms with Crippen LogP contribution >= 0.6 is 0 Å².